The summed E-state index contributed by atoms with van der Waals surface area (Å²) in [6, 6.07) is 5.26. The van der Waals surface area contributed by atoms with Crippen molar-refractivity contribution in [2.24, 2.45) is 0 Å². The summed E-state index contributed by atoms with van der Waals surface area (Å²) in [7, 11) is 0. The van der Waals surface area contributed by atoms with Gasteiger partial charge in [-0.2, -0.15) is 5.26 Å². The van der Waals surface area contributed by atoms with Crippen molar-refractivity contribution in [3.05, 3.63) is 33.7 Å². The highest BCUT2D eigenvalue weighted by Gasteiger charge is 2.23. The zero-order valence-corrected chi connectivity index (χ0v) is 20.6. The number of aryl methyl sites for hydroxylation is 1. The number of hydrogen-bond acceptors (Lipinski definition) is 8. The monoisotopic (exact) mass is 486 g/mol. The zero-order chi connectivity index (χ0) is 24.5. The van der Waals surface area contributed by atoms with Crippen LogP contribution in [0.4, 0.5) is 5.00 Å². The lowest BCUT2D eigenvalue weighted by molar-refractivity contribution is -0.119. The number of nitrogens with one attached hydrogen (secondary N) is 1. The van der Waals surface area contributed by atoms with E-state index >= 15 is 0 Å². The number of esters is 1. The summed E-state index contributed by atoms with van der Waals surface area (Å²) in [4.78, 5) is 26.4. The average Bonchev–Trinajstić information content (AvgIpc) is 2.98. The van der Waals surface area contributed by atoms with Crippen LogP contribution in [0.25, 0.3) is 0 Å². The van der Waals surface area contributed by atoms with Gasteiger partial charge < -0.3 is 24.3 Å². The number of amides is 1. The average molecular weight is 487 g/mol. The maximum absolute atomic E-state index is 12.7. The molecule has 9 heteroatoms. The van der Waals surface area contributed by atoms with Crippen molar-refractivity contribution in [3.63, 3.8) is 0 Å². The Labute approximate surface area is 203 Å². The number of hydrogen-bond donors (Lipinski definition) is 1. The fraction of sp³-hybridized carbons (Fsp3) is 0.480. The molecule has 1 aliphatic rings. The molecule has 34 heavy (non-hydrogen) atoms. The molecule has 1 aliphatic carbocycles. The molecular formula is C25H30N2O6S. The number of rotatable bonds is 10. The molecule has 0 radical (unpaired) electrons. The highest BCUT2D eigenvalue weighted by molar-refractivity contribution is 7.16. The minimum atomic E-state index is -0.692. The fourth-order valence-electron chi connectivity index (χ4n) is 3.83. The Morgan fingerprint density at radius 3 is 2.26 bits per heavy atom. The number of nitriles is 1. The smallest absolute Gasteiger partial charge is 0.338 e. The molecule has 1 aromatic heterocycles. The Bertz CT molecular complexity index is 1050. The number of carbonyl (C=O) groups excluding carboxylic acids is 2. The first-order valence-electron chi connectivity index (χ1n) is 11.6. The van der Waals surface area contributed by atoms with E-state index in [0.29, 0.717) is 47.6 Å². The van der Waals surface area contributed by atoms with Crippen LogP contribution in [-0.2, 0) is 22.4 Å². The lowest BCUT2D eigenvalue weighted by Gasteiger charge is -2.16. The van der Waals surface area contributed by atoms with Gasteiger partial charge in [0.2, 0.25) is 5.75 Å². The third-order valence-electron chi connectivity index (χ3n) is 5.27. The second-order valence-corrected chi connectivity index (χ2v) is 8.71. The van der Waals surface area contributed by atoms with E-state index in [9.17, 15) is 14.9 Å². The molecule has 1 amide bonds. The predicted molar refractivity (Wildman–Crippen MR) is 129 cm³/mol. The Kier molecular flexibility index (Phi) is 9.16. The summed E-state index contributed by atoms with van der Waals surface area (Å²) in [5.41, 5.74) is 1.75. The molecule has 1 heterocycles. The van der Waals surface area contributed by atoms with Gasteiger partial charge >= 0.3 is 5.97 Å². The lowest BCUT2D eigenvalue weighted by atomic mass is 10.1. The van der Waals surface area contributed by atoms with Gasteiger partial charge in [-0.3, -0.25) is 4.79 Å². The van der Waals surface area contributed by atoms with Crippen molar-refractivity contribution in [1.82, 2.24) is 0 Å². The van der Waals surface area contributed by atoms with Gasteiger partial charge in [0, 0.05) is 4.88 Å². The molecule has 1 N–H and O–H groups in total. The predicted octanol–water partition coefficient (Wildman–Crippen LogP) is 4.88. The van der Waals surface area contributed by atoms with Crippen LogP contribution < -0.4 is 19.5 Å². The van der Waals surface area contributed by atoms with Crippen LogP contribution in [0, 0.1) is 11.3 Å². The van der Waals surface area contributed by atoms with Crippen LogP contribution in [0.3, 0.4) is 0 Å². The lowest BCUT2D eigenvalue weighted by Crippen LogP contribution is -2.21. The second kappa shape index (κ2) is 12.3. The van der Waals surface area contributed by atoms with Gasteiger partial charge in [-0.25, -0.2) is 4.79 Å². The number of ether oxygens (including phenoxy) is 4. The Balaban J connectivity index is 1.71. The molecule has 0 atom stereocenters. The van der Waals surface area contributed by atoms with Crippen molar-refractivity contribution in [1.29, 1.82) is 5.26 Å². The molecule has 2 aromatic rings. The van der Waals surface area contributed by atoms with E-state index in [1.807, 2.05) is 20.8 Å². The molecule has 0 bridgehead atoms. The quantitative estimate of drug-likeness (QED) is 0.377. The van der Waals surface area contributed by atoms with Gasteiger partial charge in [0.1, 0.15) is 11.1 Å². The normalized spacial score (nSPS) is 12.6. The maximum atomic E-state index is 12.7. The van der Waals surface area contributed by atoms with Crippen molar-refractivity contribution < 1.29 is 28.5 Å². The molecule has 0 spiro atoms. The van der Waals surface area contributed by atoms with Gasteiger partial charge in [-0.05, 0) is 64.2 Å². The summed E-state index contributed by atoms with van der Waals surface area (Å²) in [6.45, 7) is 6.16. The number of fused-ring (bicyclic) bond motifs is 1. The van der Waals surface area contributed by atoms with Gasteiger partial charge in [0.05, 0.1) is 30.9 Å². The fourth-order valence-corrected chi connectivity index (χ4v) is 5.09. The summed E-state index contributed by atoms with van der Waals surface area (Å²) < 4.78 is 22.1. The summed E-state index contributed by atoms with van der Waals surface area (Å²) in [5.74, 6) is -0.0392. The Morgan fingerprint density at radius 2 is 1.65 bits per heavy atom. The summed E-state index contributed by atoms with van der Waals surface area (Å²) in [5, 5.41) is 12.9. The van der Waals surface area contributed by atoms with E-state index in [2.05, 4.69) is 11.4 Å². The van der Waals surface area contributed by atoms with E-state index in [-0.39, 0.29) is 5.56 Å². The number of anilines is 1. The van der Waals surface area contributed by atoms with Crippen LogP contribution in [0.2, 0.25) is 0 Å². The van der Waals surface area contributed by atoms with E-state index in [1.165, 1.54) is 23.5 Å². The molecule has 0 fully saturated rings. The van der Waals surface area contributed by atoms with Crippen LogP contribution in [-0.4, -0.2) is 38.3 Å². The van der Waals surface area contributed by atoms with Crippen LogP contribution in [0.5, 0.6) is 17.2 Å². The largest absolute Gasteiger partial charge is 0.490 e. The molecule has 3 rings (SSSR count). The topological polar surface area (TPSA) is 107 Å². The molecule has 182 valence electrons. The minimum absolute atomic E-state index is 0.184. The number of nitrogens with zero attached hydrogens (tertiary/aromatic N) is 1. The summed E-state index contributed by atoms with van der Waals surface area (Å²) >= 11 is 1.44. The zero-order valence-electron chi connectivity index (χ0n) is 19.8. The van der Waals surface area contributed by atoms with Crippen LogP contribution in [0.1, 0.15) is 66.4 Å². The molecular weight excluding hydrogens is 456 g/mol. The first-order valence-corrected chi connectivity index (χ1v) is 12.4. The van der Waals surface area contributed by atoms with E-state index < -0.39 is 18.5 Å². The van der Waals surface area contributed by atoms with Crippen molar-refractivity contribution in [3.8, 4) is 23.3 Å². The van der Waals surface area contributed by atoms with Gasteiger partial charge in [-0.1, -0.05) is 6.42 Å². The molecule has 8 nitrogen and oxygen atoms in total. The Hall–Kier alpha value is -3.25. The van der Waals surface area contributed by atoms with E-state index in [1.54, 1.807) is 0 Å². The SMILES string of the molecule is CCOc1cc(C(=O)OCC(=O)Nc2sc3c(c2C#N)CCCCC3)cc(OCC)c1OCC. The van der Waals surface area contributed by atoms with Gasteiger partial charge in [0.25, 0.3) is 5.91 Å². The maximum Gasteiger partial charge on any atom is 0.338 e. The second-order valence-electron chi connectivity index (χ2n) is 7.61. The molecule has 0 aliphatic heterocycles. The minimum Gasteiger partial charge on any atom is -0.490 e. The van der Waals surface area contributed by atoms with E-state index in [0.717, 1.165) is 42.5 Å². The van der Waals surface area contributed by atoms with Gasteiger partial charge in [0.15, 0.2) is 18.1 Å². The van der Waals surface area contributed by atoms with Gasteiger partial charge in [-0.15, -0.1) is 11.3 Å². The van der Waals surface area contributed by atoms with Crippen LogP contribution in [0.15, 0.2) is 12.1 Å². The van der Waals surface area contributed by atoms with Crippen LogP contribution >= 0.6 is 11.3 Å². The first kappa shape index (κ1) is 25.4. The first-order chi connectivity index (χ1) is 16.5. The molecule has 0 unspecified atom stereocenters. The number of benzene rings is 1. The highest BCUT2D eigenvalue weighted by atomic mass is 32.1. The number of carbonyl (C=O) groups is 2. The highest BCUT2D eigenvalue weighted by Crippen LogP contribution is 2.39. The third-order valence-corrected chi connectivity index (χ3v) is 6.47. The third kappa shape index (κ3) is 6.00. The van der Waals surface area contributed by atoms with Crippen molar-refractivity contribution >= 4 is 28.2 Å². The number of thiophene rings is 1. The molecule has 0 saturated carbocycles. The summed E-state index contributed by atoms with van der Waals surface area (Å²) in [6.07, 6.45) is 5.03. The van der Waals surface area contributed by atoms with E-state index in [4.69, 9.17) is 18.9 Å². The molecule has 1 aromatic carbocycles. The van der Waals surface area contributed by atoms with Crippen molar-refractivity contribution in [2.45, 2.75) is 52.9 Å². The Morgan fingerprint density at radius 1 is 1.00 bits per heavy atom. The molecule has 0 saturated heterocycles. The standard InChI is InChI=1S/C25H30N2O6S/c1-4-30-19-12-16(13-20(31-5-2)23(19)32-6-3)25(29)33-15-22(28)27-24-18(14-26)17-10-8-7-9-11-21(17)34-24/h12-13H,4-11,15H2,1-3H3,(H,27,28). The van der Waals surface area contributed by atoms with Crippen molar-refractivity contribution in [2.75, 3.05) is 31.7 Å².